The van der Waals surface area contributed by atoms with E-state index in [0.717, 1.165) is 51.4 Å². The van der Waals surface area contributed by atoms with E-state index in [4.69, 9.17) is 11.6 Å². The minimum atomic E-state index is 0.777. The van der Waals surface area contributed by atoms with E-state index in [0.29, 0.717) is 0 Å². The van der Waals surface area contributed by atoms with Crippen LogP contribution in [0, 0.1) is 0 Å². The molecule has 100 valence electrons. The zero-order valence-electron chi connectivity index (χ0n) is 11.2. The number of benzene rings is 1. The van der Waals surface area contributed by atoms with Crippen LogP contribution in [0.15, 0.2) is 24.3 Å². The number of hydrogen-bond donors (Lipinski definition) is 0. The lowest BCUT2D eigenvalue weighted by molar-refractivity contribution is 0.259. The van der Waals surface area contributed by atoms with Gasteiger partial charge in [0, 0.05) is 37.7 Å². The van der Waals surface area contributed by atoms with Crippen molar-refractivity contribution in [2.24, 2.45) is 0 Å². The highest BCUT2D eigenvalue weighted by molar-refractivity contribution is 6.17. The average Bonchev–Trinajstić information content (AvgIpc) is 2.45. The highest BCUT2D eigenvalue weighted by Crippen LogP contribution is 2.22. The van der Waals surface area contributed by atoms with E-state index < -0.39 is 0 Å². The fourth-order valence-electron chi connectivity index (χ4n) is 2.61. The molecule has 1 aromatic rings. The van der Waals surface area contributed by atoms with Gasteiger partial charge in [-0.1, -0.05) is 25.1 Å². The molecule has 1 saturated heterocycles. The van der Waals surface area contributed by atoms with Gasteiger partial charge in [-0.25, -0.2) is 0 Å². The standard InChI is InChI=1S/C15H23ClN2/c1-2-14-6-3-4-7-15(14)18-12-10-17(11-13-18)9-5-8-16/h3-4,6-7H,2,5,8-13H2,1H3. The first-order chi connectivity index (χ1) is 8.85. The van der Waals surface area contributed by atoms with Crippen molar-refractivity contribution < 1.29 is 0 Å². The maximum absolute atomic E-state index is 5.75. The van der Waals surface area contributed by atoms with Gasteiger partial charge in [0.05, 0.1) is 0 Å². The van der Waals surface area contributed by atoms with Crippen molar-refractivity contribution in [3.05, 3.63) is 29.8 Å². The van der Waals surface area contributed by atoms with Gasteiger partial charge in [0.1, 0.15) is 0 Å². The van der Waals surface area contributed by atoms with Crippen LogP contribution in [0.25, 0.3) is 0 Å². The molecule has 1 fully saturated rings. The Labute approximate surface area is 116 Å². The first kappa shape index (κ1) is 13.7. The van der Waals surface area contributed by atoms with Gasteiger partial charge in [0.25, 0.3) is 0 Å². The third-order valence-corrected chi connectivity index (χ3v) is 3.96. The van der Waals surface area contributed by atoms with Crippen LogP contribution < -0.4 is 4.90 Å². The number of halogens is 1. The summed E-state index contributed by atoms with van der Waals surface area (Å²) in [6.45, 7) is 7.98. The molecule has 1 aromatic carbocycles. The third-order valence-electron chi connectivity index (χ3n) is 3.69. The number of piperazine rings is 1. The molecule has 1 aliphatic heterocycles. The summed E-state index contributed by atoms with van der Waals surface area (Å²) in [6, 6.07) is 8.79. The van der Waals surface area contributed by atoms with Crippen LogP contribution in [0.5, 0.6) is 0 Å². The Bertz CT molecular complexity index is 359. The molecule has 0 N–H and O–H groups in total. The molecule has 0 atom stereocenters. The lowest BCUT2D eigenvalue weighted by Gasteiger charge is -2.37. The van der Waals surface area contributed by atoms with Crippen molar-refractivity contribution in [1.29, 1.82) is 0 Å². The normalized spacial score (nSPS) is 17.1. The first-order valence-corrected chi connectivity index (χ1v) is 7.49. The fourth-order valence-corrected chi connectivity index (χ4v) is 2.73. The molecule has 0 bridgehead atoms. The SMILES string of the molecule is CCc1ccccc1N1CCN(CCCCl)CC1. The molecule has 1 aliphatic rings. The van der Waals surface area contributed by atoms with Gasteiger partial charge in [-0.2, -0.15) is 0 Å². The van der Waals surface area contributed by atoms with Crippen molar-refractivity contribution >= 4 is 17.3 Å². The van der Waals surface area contributed by atoms with E-state index in [1.54, 1.807) is 0 Å². The third kappa shape index (κ3) is 3.39. The predicted octanol–water partition coefficient (Wildman–Crippen LogP) is 3.00. The van der Waals surface area contributed by atoms with Gasteiger partial charge in [0.15, 0.2) is 0 Å². The minimum Gasteiger partial charge on any atom is -0.369 e. The van der Waals surface area contributed by atoms with E-state index in [1.807, 2.05) is 0 Å². The summed E-state index contributed by atoms with van der Waals surface area (Å²) in [5, 5.41) is 0. The first-order valence-electron chi connectivity index (χ1n) is 6.96. The molecule has 2 rings (SSSR count). The summed E-state index contributed by atoms with van der Waals surface area (Å²) in [6.07, 6.45) is 2.22. The van der Waals surface area contributed by atoms with Gasteiger partial charge in [-0.05, 0) is 31.0 Å². The molecule has 0 unspecified atom stereocenters. The molecule has 0 spiro atoms. The molecular weight excluding hydrogens is 244 g/mol. The molecule has 0 aromatic heterocycles. The Hall–Kier alpha value is -0.730. The Morgan fingerprint density at radius 1 is 1.11 bits per heavy atom. The summed E-state index contributed by atoms with van der Waals surface area (Å²) in [4.78, 5) is 5.05. The number of aryl methyl sites for hydroxylation is 1. The summed E-state index contributed by atoms with van der Waals surface area (Å²) >= 11 is 5.75. The Morgan fingerprint density at radius 2 is 1.83 bits per heavy atom. The quantitative estimate of drug-likeness (QED) is 0.756. The molecule has 1 heterocycles. The van der Waals surface area contributed by atoms with Crippen LogP contribution in [0.1, 0.15) is 18.9 Å². The van der Waals surface area contributed by atoms with Gasteiger partial charge in [0.2, 0.25) is 0 Å². The second-order valence-electron chi connectivity index (χ2n) is 4.85. The number of hydrogen-bond acceptors (Lipinski definition) is 2. The molecule has 0 radical (unpaired) electrons. The molecule has 3 heteroatoms. The van der Waals surface area contributed by atoms with Crippen molar-refractivity contribution in [1.82, 2.24) is 4.90 Å². The Balaban J connectivity index is 1.92. The topological polar surface area (TPSA) is 6.48 Å². The van der Waals surface area contributed by atoms with Crippen LogP contribution >= 0.6 is 11.6 Å². The number of alkyl halides is 1. The molecule has 0 aliphatic carbocycles. The van der Waals surface area contributed by atoms with E-state index in [9.17, 15) is 0 Å². The van der Waals surface area contributed by atoms with Crippen molar-refractivity contribution in [2.45, 2.75) is 19.8 Å². The van der Waals surface area contributed by atoms with E-state index in [1.165, 1.54) is 11.3 Å². The maximum atomic E-state index is 5.75. The van der Waals surface area contributed by atoms with Crippen molar-refractivity contribution in [2.75, 3.05) is 43.5 Å². The van der Waals surface area contributed by atoms with Crippen LogP contribution in [0.4, 0.5) is 5.69 Å². The van der Waals surface area contributed by atoms with Gasteiger partial charge < -0.3 is 4.90 Å². The molecule has 18 heavy (non-hydrogen) atoms. The van der Waals surface area contributed by atoms with Gasteiger partial charge in [-0.3, -0.25) is 4.90 Å². The van der Waals surface area contributed by atoms with Gasteiger partial charge >= 0.3 is 0 Å². The fraction of sp³-hybridized carbons (Fsp3) is 0.600. The lowest BCUT2D eigenvalue weighted by atomic mass is 10.1. The summed E-state index contributed by atoms with van der Waals surface area (Å²) in [5.41, 5.74) is 2.89. The zero-order valence-corrected chi connectivity index (χ0v) is 12.0. The average molecular weight is 267 g/mol. The van der Waals surface area contributed by atoms with Crippen molar-refractivity contribution in [3.63, 3.8) is 0 Å². The second kappa shape index (κ2) is 7.01. The minimum absolute atomic E-state index is 0.777. The van der Waals surface area contributed by atoms with Crippen LogP contribution in [0.3, 0.4) is 0 Å². The Morgan fingerprint density at radius 3 is 2.50 bits per heavy atom. The number of para-hydroxylation sites is 1. The van der Waals surface area contributed by atoms with E-state index in [-0.39, 0.29) is 0 Å². The number of anilines is 1. The van der Waals surface area contributed by atoms with Crippen molar-refractivity contribution in [3.8, 4) is 0 Å². The van der Waals surface area contributed by atoms with Crippen LogP contribution in [-0.4, -0.2) is 43.5 Å². The molecule has 2 nitrogen and oxygen atoms in total. The molecular formula is C15H23ClN2. The molecule has 0 saturated carbocycles. The van der Waals surface area contributed by atoms with Crippen LogP contribution in [0.2, 0.25) is 0 Å². The maximum Gasteiger partial charge on any atom is 0.0399 e. The van der Waals surface area contributed by atoms with E-state index in [2.05, 4.69) is 41.0 Å². The number of nitrogens with zero attached hydrogens (tertiary/aromatic N) is 2. The van der Waals surface area contributed by atoms with Gasteiger partial charge in [-0.15, -0.1) is 11.6 Å². The highest BCUT2D eigenvalue weighted by Gasteiger charge is 2.17. The predicted molar refractivity (Wildman–Crippen MR) is 79.8 cm³/mol. The summed E-state index contributed by atoms with van der Waals surface area (Å²) in [5.74, 6) is 0.777. The summed E-state index contributed by atoms with van der Waals surface area (Å²) < 4.78 is 0. The van der Waals surface area contributed by atoms with Crippen LogP contribution in [-0.2, 0) is 6.42 Å². The molecule has 0 amide bonds. The Kier molecular flexibility index (Phi) is 5.33. The number of rotatable bonds is 5. The lowest BCUT2D eigenvalue weighted by Crippen LogP contribution is -2.47. The summed E-state index contributed by atoms with van der Waals surface area (Å²) in [7, 11) is 0. The van der Waals surface area contributed by atoms with E-state index >= 15 is 0 Å². The smallest absolute Gasteiger partial charge is 0.0399 e. The largest absolute Gasteiger partial charge is 0.369 e. The zero-order chi connectivity index (χ0) is 12.8. The second-order valence-corrected chi connectivity index (χ2v) is 5.23. The monoisotopic (exact) mass is 266 g/mol. The highest BCUT2D eigenvalue weighted by atomic mass is 35.5.